The topological polar surface area (TPSA) is 34.0 Å². The van der Waals surface area contributed by atoms with Gasteiger partial charge in [0.15, 0.2) is 0 Å². The number of benzene rings is 1. The molecule has 0 aliphatic heterocycles. The largest absolute Gasteiger partial charge is 0.313 e. The van der Waals surface area contributed by atoms with E-state index in [9.17, 15) is 4.79 Å². The van der Waals surface area contributed by atoms with E-state index in [1.807, 2.05) is 41.1 Å². The maximum absolute atomic E-state index is 12.6. The fraction of sp³-hybridized carbons (Fsp3) is 0.500. The minimum atomic E-state index is 0.0978. The monoisotopic (exact) mass is 286 g/mol. The van der Waals surface area contributed by atoms with Crippen LogP contribution in [0.15, 0.2) is 41.3 Å². The molecule has 3 heteroatoms. The molecule has 2 aromatic rings. The summed E-state index contributed by atoms with van der Waals surface area (Å²) in [7, 11) is 0. The number of hydrogen-bond acceptors (Lipinski definition) is 2. The zero-order chi connectivity index (χ0) is 15.5. The van der Waals surface area contributed by atoms with Gasteiger partial charge >= 0.3 is 0 Å². The van der Waals surface area contributed by atoms with Crippen LogP contribution in [0.1, 0.15) is 34.1 Å². The van der Waals surface area contributed by atoms with Crippen molar-refractivity contribution in [1.82, 2.24) is 9.88 Å². The summed E-state index contributed by atoms with van der Waals surface area (Å²) in [6.07, 6.45) is 3.01. The Labute approximate surface area is 127 Å². The summed E-state index contributed by atoms with van der Waals surface area (Å²) in [6, 6.07) is 10.1. The molecule has 1 N–H and O–H groups in total. The van der Waals surface area contributed by atoms with E-state index in [0.717, 1.165) is 23.7 Å². The highest BCUT2D eigenvalue weighted by molar-refractivity contribution is 5.81. The molecular weight excluding hydrogens is 260 g/mol. The summed E-state index contributed by atoms with van der Waals surface area (Å²) in [5.74, 6) is 0. The van der Waals surface area contributed by atoms with Crippen LogP contribution in [0.3, 0.4) is 0 Å². The van der Waals surface area contributed by atoms with Crippen molar-refractivity contribution in [2.24, 2.45) is 5.41 Å². The Morgan fingerprint density at radius 2 is 1.90 bits per heavy atom. The molecule has 1 unspecified atom stereocenters. The van der Waals surface area contributed by atoms with Gasteiger partial charge in [0, 0.05) is 24.2 Å². The third kappa shape index (κ3) is 3.73. The van der Waals surface area contributed by atoms with E-state index < -0.39 is 0 Å². The van der Waals surface area contributed by atoms with Crippen molar-refractivity contribution in [2.75, 3.05) is 6.54 Å². The number of nitrogens with one attached hydrogen (secondary N) is 1. The van der Waals surface area contributed by atoms with Gasteiger partial charge in [-0.2, -0.15) is 0 Å². The first-order chi connectivity index (χ1) is 9.93. The molecule has 0 radical (unpaired) electrons. The summed E-state index contributed by atoms with van der Waals surface area (Å²) in [6.45, 7) is 10.5. The molecule has 1 atom stereocenters. The summed E-state index contributed by atoms with van der Waals surface area (Å²) >= 11 is 0. The Hall–Kier alpha value is -1.61. The van der Waals surface area contributed by atoms with Gasteiger partial charge in [0.1, 0.15) is 0 Å². The lowest BCUT2D eigenvalue weighted by molar-refractivity contribution is 0.241. The van der Waals surface area contributed by atoms with Crippen molar-refractivity contribution in [3.8, 4) is 0 Å². The number of hydrogen-bond donors (Lipinski definition) is 1. The second-order valence-electron chi connectivity index (χ2n) is 6.73. The van der Waals surface area contributed by atoms with Gasteiger partial charge in [0.2, 0.25) is 0 Å². The van der Waals surface area contributed by atoms with Crippen LogP contribution in [-0.4, -0.2) is 17.2 Å². The van der Waals surface area contributed by atoms with Gasteiger partial charge in [0.05, 0.1) is 0 Å². The van der Waals surface area contributed by atoms with E-state index in [0.29, 0.717) is 6.54 Å². The minimum Gasteiger partial charge on any atom is -0.313 e. The van der Waals surface area contributed by atoms with E-state index in [2.05, 4.69) is 33.0 Å². The number of rotatable bonds is 5. The van der Waals surface area contributed by atoms with Gasteiger partial charge < -0.3 is 9.88 Å². The van der Waals surface area contributed by atoms with Gasteiger partial charge in [-0.05, 0) is 35.9 Å². The van der Waals surface area contributed by atoms with Crippen LogP contribution >= 0.6 is 0 Å². The molecule has 2 rings (SSSR count). The zero-order valence-corrected chi connectivity index (χ0v) is 13.5. The maximum Gasteiger partial charge on any atom is 0.258 e. The molecule has 0 saturated carbocycles. The van der Waals surface area contributed by atoms with Crippen molar-refractivity contribution >= 4 is 10.8 Å². The van der Waals surface area contributed by atoms with E-state index in [4.69, 9.17) is 0 Å². The van der Waals surface area contributed by atoms with Crippen molar-refractivity contribution < 1.29 is 0 Å². The molecule has 3 nitrogen and oxygen atoms in total. The predicted molar refractivity (Wildman–Crippen MR) is 89.7 cm³/mol. The number of aromatic nitrogens is 1. The lowest BCUT2D eigenvalue weighted by Gasteiger charge is -2.32. The molecule has 0 saturated heterocycles. The van der Waals surface area contributed by atoms with E-state index >= 15 is 0 Å². The molecule has 0 amide bonds. The normalized spacial score (nSPS) is 13.5. The van der Waals surface area contributed by atoms with Crippen molar-refractivity contribution in [2.45, 2.75) is 46.7 Å². The van der Waals surface area contributed by atoms with Gasteiger partial charge in [-0.1, -0.05) is 45.9 Å². The first kappa shape index (κ1) is 15.8. The lowest BCUT2D eigenvalue weighted by Crippen LogP contribution is -2.45. The molecular formula is C18H26N2O. The van der Waals surface area contributed by atoms with Crippen LogP contribution < -0.4 is 10.9 Å². The van der Waals surface area contributed by atoms with Crippen molar-refractivity contribution in [3.63, 3.8) is 0 Å². The van der Waals surface area contributed by atoms with Gasteiger partial charge in [-0.25, -0.2) is 0 Å². The second kappa shape index (κ2) is 6.44. The van der Waals surface area contributed by atoms with Gasteiger partial charge in [-0.15, -0.1) is 0 Å². The molecule has 0 aliphatic carbocycles. The molecule has 0 aliphatic rings. The molecule has 0 spiro atoms. The Bertz CT molecular complexity index is 652. The van der Waals surface area contributed by atoms with E-state index in [1.54, 1.807) is 0 Å². The Morgan fingerprint density at radius 1 is 1.19 bits per heavy atom. The highest BCUT2D eigenvalue weighted by Crippen LogP contribution is 2.20. The third-order valence-electron chi connectivity index (χ3n) is 3.95. The molecule has 21 heavy (non-hydrogen) atoms. The fourth-order valence-electron chi connectivity index (χ4n) is 2.53. The van der Waals surface area contributed by atoms with Crippen LogP contribution in [0.5, 0.6) is 0 Å². The first-order valence-electron chi connectivity index (χ1n) is 7.75. The summed E-state index contributed by atoms with van der Waals surface area (Å²) in [5, 5.41) is 5.38. The van der Waals surface area contributed by atoms with Crippen LogP contribution in [0.25, 0.3) is 10.8 Å². The van der Waals surface area contributed by atoms with E-state index in [1.165, 1.54) is 0 Å². The van der Waals surface area contributed by atoms with E-state index in [-0.39, 0.29) is 17.0 Å². The van der Waals surface area contributed by atoms with Crippen LogP contribution in [0.2, 0.25) is 0 Å². The molecule has 1 heterocycles. The molecule has 1 aromatic carbocycles. The first-order valence-corrected chi connectivity index (χ1v) is 7.75. The number of pyridine rings is 1. The highest BCUT2D eigenvalue weighted by atomic mass is 16.1. The highest BCUT2D eigenvalue weighted by Gasteiger charge is 2.24. The van der Waals surface area contributed by atoms with Crippen LogP contribution in [0.4, 0.5) is 0 Å². The van der Waals surface area contributed by atoms with Crippen molar-refractivity contribution in [1.29, 1.82) is 0 Å². The molecule has 114 valence electrons. The van der Waals surface area contributed by atoms with Gasteiger partial charge in [-0.3, -0.25) is 4.79 Å². The summed E-state index contributed by atoms with van der Waals surface area (Å²) < 4.78 is 1.83. The third-order valence-corrected chi connectivity index (χ3v) is 3.95. The Balaban J connectivity index is 2.32. The standard InChI is InChI=1S/C18H26N2O/c1-5-11-19-16(18(2,3)4)13-20-12-10-14-8-6-7-9-15(14)17(20)21/h6-10,12,16,19H,5,11,13H2,1-4H3. The maximum atomic E-state index is 12.6. The summed E-state index contributed by atoms with van der Waals surface area (Å²) in [5.41, 5.74) is 0.209. The smallest absolute Gasteiger partial charge is 0.258 e. The fourth-order valence-corrected chi connectivity index (χ4v) is 2.53. The molecule has 1 aromatic heterocycles. The quantitative estimate of drug-likeness (QED) is 0.914. The molecule has 0 bridgehead atoms. The van der Waals surface area contributed by atoms with Crippen LogP contribution in [0, 0.1) is 5.41 Å². The Kier molecular flexibility index (Phi) is 4.84. The average Bonchev–Trinajstić information content (AvgIpc) is 2.44. The van der Waals surface area contributed by atoms with Gasteiger partial charge in [0.25, 0.3) is 5.56 Å². The minimum absolute atomic E-state index is 0.0978. The van der Waals surface area contributed by atoms with Crippen LogP contribution in [-0.2, 0) is 6.54 Å². The number of nitrogens with zero attached hydrogens (tertiary/aromatic N) is 1. The molecule has 0 fully saturated rings. The zero-order valence-electron chi connectivity index (χ0n) is 13.5. The Morgan fingerprint density at radius 3 is 2.57 bits per heavy atom. The summed E-state index contributed by atoms with van der Waals surface area (Å²) in [4.78, 5) is 12.6. The average molecular weight is 286 g/mol. The lowest BCUT2D eigenvalue weighted by atomic mass is 9.86. The predicted octanol–water partition coefficient (Wildman–Crippen LogP) is 3.42. The second-order valence-corrected chi connectivity index (χ2v) is 6.73. The van der Waals surface area contributed by atoms with Crippen molar-refractivity contribution in [3.05, 3.63) is 46.9 Å². The SMILES string of the molecule is CCCNC(Cn1ccc2ccccc2c1=O)C(C)(C)C. The number of fused-ring (bicyclic) bond motifs is 1.